The van der Waals surface area contributed by atoms with Crippen LogP contribution in [0.3, 0.4) is 0 Å². The lowest BCUT2D eigenvalue weighted by atomic mass is 10.1. The van der Waals surface area contributed by atoms with E-state index in [4.69, 9.17) is 0 Å². The van der Waals surface area contributed by atoms with Crippen LogP contribution in [0.4, 0.5) is 19.0 Å². The number of aromatic nitrogens is 2. The van der Waals surface area contributed by atoms with E-state index in [1.807, 2.05) is 18.4 Å². The molecule has 2 aromatic heterocycles. The Labute approximate surface area is 145 Å². The third kappa shape index (κ3) is 3.85. The predicted octanol–water partition coefficient (Wildman–Crippen LogP) is 4.78. The molecule has 0 radical (unpaired) electrons. The van der Waals surface area contributed by atoms with Crippen molar-refractivity contribution in [2.75, 3.05) is 5.32 Å². The Hall–Kier alpha value is -2.74. The number of carbonyl (C=O) groups excluding carboxylic acids is 1. The molecular formula is C17H12F3N3OS. The van der Waals surface area contributed by atoms with Crippen molar-refractivity contribution in [3.63, 3.8) is 0 Å². The summed E-state index contributed by atoms with van der Waals surface area (Å²) in [5.74, 6) is -0.0675. The molecule has 3 rings (SSSR count). The second kappa shape index (κ2) is 6.64. The van der Waals surface area contributed by atoms with Crippen molar-refractivity contribution in [2.45, 2.75) is 13.1 Å². The Balaban J connectivity index is 1.79. The second-order valence-corrected chi connectivity index (χ2v) is 6.17. The molecule has 1 aromatic carbocycles. The zero-order chi connectivity index (χ0) is 18.0. The molecule has 0 unspecified atom stereocenters. The van der Waals surface area contributed by atoms with Crippen LogP contribution >= 0.6 is 11.3 Å². The molecule has 3 aromatic rings. The van der Waals surface area contributed by atoms with Gasteiger partial charge in [-0.1, -0.05) is 12.1 Å². The Morgan fingerprint density at radius 1 is 1.16 bits per heavy atom. The van der Waals surface area contributed by atoms with Gasteiger partial charge in [-0.05, 0) is 36.1 Å². The molecule has 4 nitrogen and oxygen atoms in total. The van der Waals surface area contributed by atoms with Gasteiger partial charge in [0.15, 0.2) is 5.82 Å². The molecule has 0 aliphatic heterocycles. The number of nitrogens with zero attached hydrogens (tertiary/aromatic N) is 2. The summed E-state index contributed by atoms with van der Waals surface area (Å²) in [7, 11) is 0. The van der Waals surface area contributed by atoms with Crippen LogP contribution in [-0.2, 0) is 6.18 Å². The van der Waals surface area contributed by atoms with E-state index in [-0.39, 0.29) is 17.4 Å². The number of benzene rings is 1. The minimum Gasteiger partial charge on any atom is -0.305 e. The maximum Gasteiger partial charge on any atom is 0.416 e. The molecule has 0 spiro atoms. The van der Waals surface area contributed by atoms with Crippen LogP contribution in [-0.4, -0.2) is 15.9 Å². The van der Waals surface area contributed by atoms with E-state index >= 15 is 0 Å². The van der Waals surface area contributed by atoms with Crippen LogP contribution in [0, 0.1) is 6.92 Å². The van der Waals surface area contributed by atoms with E-state index < -0.39 is 11.7 Å². The van der Waals surface area contributed by atoms with E-state index in [0.29, 0.717) is 10.4 Å². The van der Waals surface area contributed by atoms with Gasteiger partial charge in [0.05, 0.1) is 28.5 Å². The van der Waals surface area contributed by atoms with Gasteiger partial charge in [-0.2, -0.15) is 13.2 Å². The summed E-state index contributed by atoms with van der Waals surface area (Å²) in [6.45, 7) is 1.83. The van der Waals surface area contributed by atoms with Crippen LogP contribution in [0.15, 0.2) is 48.1 Å². The lowest BCUT2D eigenvalue weighted by molar-refractivity contribution is -0.137. The lowest BCUT2D eigenvalue weighted by Crippen LogP contribution is -2.12. The number of halogens is 3. The highest BCUT2D eigenvalue weighted by Crippen LogP contribution is 2.31. The third-order valence-corrected chi connectivity index (χ3v) is 4.46. The summed E-state index contributed by atoms with van der Waals surface area (Å²) in [6, 6.07) is 6.68. The normalized spacial score (nSPS) is 11.4. The molecule has 0 saturated heterocycles. The smallest absolute Gasteiger partial charge is 0.305 e. The van der Waals surface area contributed by atoms with Crippen molar-refractivity contribution in [1.82, 2.24) is 9.97 Å². The van der Waals surface area contributed by atoms with Crippen molar-refractivity contribution < 1.29 is 18.0 Å². The maximum absolute atomic E-state index is 12.8. The number of hydrogen-bond donors (Lipinski definition) is 1. The summed E-state index contributed by atoms with van der Waals surface area (Å²) in [6.07, 6.45) is -1.78. The van der Waals surface area contributed by atoms with E-state index in [1.165, 1.54) is 35.9 Å². The van der Waals surface area contributed by atoms with Gasteiger partial charge in [-0.3, -0.25) is 9.78 Å². The first-order valence-corrected chi connectivity index (χ1v) is 8.07. The highest BCUT2D eigenvalue weighted by atomic mass is 32.1. The molecule has 0 aliphatic rings. The molecule has 128 valence electrons. The van der Waals surface area contributed by atoms with Crippen LogP contribution < -0.4 is 5.32 Å². The molecule has 0 saturated carbocycles. The third-order valence-electron chi connectivity index (χ3n) is 3.45. The number of amides is 1. The summed E-state index contributed by atoms with van der Waals surface area (Å²) < 4.78 is 38.3. The van der Waals surface area contributed by atoms with E-state index in [1.54, 1.807) is 0 Å². The van der Waals surface area contributed by atoms with Crippen LogP contribution in [0.1, 0.15) is 20.8 Å². The Bertz CT molecular complexity index is 904. The number of carbonyl (C=O) groups is 1. The van der Waals surface area contributed by atoms with E-state index in [2.05, 4.69) is 15.3 Å². The fourth-order valence-corrected chi connectivity index (χ4v) is 3.00. The Morgan fingerprint density at radius 3 is 2.56 bits per heavy atom. The fourth-order valence-electron chi connectivity index (χ4n) is 2.17. The minimum absolute atomic E-state index is 0.230. The molecule has 0 atom stereocenters. The summed E-state index contributed by atoms with van der Waals surface area (Å²) in [5, 5.41) is 4.43. The van der Waals surface area contributed by atoms with Crippen LogP contribution in [0.5, 0.6) is 0 Å². The van der Waals surface area contributed by atoms with Crippen molar-refractivity contribution >= 4 is 23.1 Å². The molecule has 0 fully saturated rings. The van der Waals surface area contributed by atoms with Gasteiger partial charge in [0.25, 0.3) is 5.91 Å². The van der Waals surface area contributed by atoms with Crippen molar-refractivity contribution in [3.05, 3.63) is 64.1 Å². The second-order valence-electron chi connectivity index (χ2n) is 5.25. The highest BCUT2D eigenvalue weighted by molar-refractivity contribution is 7.12. The Morgan fingerprint density at radius 2 is 1.96 bits per heavy atom. The minimum atomic E-state index is -4.42. The van der Waals surface area contributed by atoms with Crippen molar-refractivity contribution in [3.8, 4) is 11.3 Å². The number of anilines is 1. The summed E-state index contributed by atoms with van der Waals surface area (Å²) in [4.78, 5) is 20.8. The van der Waals surface area contributed by atoms with Crippen molar-refractivity contribution in [2.24, 2.45) is 0 Å². The van der Waals surface area contributed by atoms with Gasteiger partial charge in [-0.15, -0.1) is 11.3 Å². The van der Waals surface area contributed by atoms with Gasteiger partial charge in [-0.25, -0.2) is 4.98 Å². The molecule has 1 N–H and O–H groups in total. The first kappa shape index (κ1) is 17.1. The molecule has 2 heterocycles. The maximum atomic E-state index is 12.8. The molecule has 0 bridgehead atoms. The van der Waals surface area contributed by atoms with Crippen LogP contribution in [0.25, 0.3) is 11.3 Å². The Kier molecular flexibility index (Phi) is 4.54. The number of thiophene rings is 1. The molecule has 25 heavy (non-hydrogen) atoms. The van der Waals surface area contributed by atoms with Gasteiger partial charge < -0.3 is 5.32 Å². The number of aryl methyl sites for hydroxylation is 1. The zero-order valence-corrected chi connectivity index (χ0v) is 13.8. The predicted molar refractivity (Wildman–Crippen MR) is 89.5 cm³/mol. The fraction of sp³-hybridized carbons (Fsp3) is 0.118. The van der Waals surface area contributed by atoms with Gasteiger partial charge in [0.1, 0.15) is 0 Å². The van der Waals surface area contributed by atoms with Gasteiger partial charge >= 0.3 is 6.18 Å². The van der Waals surface area contributed by atoms with Gasteiger partial charge in [0.2, 0.25) is 0 Å². The molecule has 8 heteroatoms. The number of nitrogens with one attached hydrogen (secondary N) is 1. The first-order valence-electron chi connectivity index (χ1n) is 7.20. The lowest BCUT2D eigenvalue weighted by Gasteiger charge is -2.09. The molecule has 1 amide bonds. The van der Waals surface area contributed by atoms with E-state index in [0.717, 1.165) is 17.7 Å². The van der Waals surface area contributed by atoms with Crippen LogP contribution in [0.2, 0.25) is 0 Å². The summed E-state index contributed by atoms with van der Waals surface area (Å²) in [5.41, 5.74) is 0.694. The van der Waals surface area contributed by atoms with E-state index in [9.17, 15) is 18.0 Å². The monoisotopic (exact) mass is 363 g/mol. The summed E-state index contributed by atoms with van der Waals surface area (Å²) >= 11 is 1.31. The highest BCUT2D eigenvalue weighted by Gasteiger charge is 2.30. The average molecular weight is 363 g/mol. The number of alkyl halides is 3. The largest absolute Gasteiger partial charge is 0.416 e. The average Bonchev–Trinajstić information content (AvgIpc) is 3.01. The zero-order valence-electron chi connectivity index (χ0n) is 13.0. The molecule has 0 aliphatic carbocycles. The number of rotatable bonds is 3. The van der Waals surface area contributed by atoms with Crippen molar-refractivity contribution in [1.29, 1.82) is 0 Å². The SMILES string of the molecule is Cc1ccsc1C(=O)Nc1cnc(-c2cccc(C(F)(F)F)c2)cn1. The topological polar surface area (TPSA) is 54.9 Å². The van der Waals surface area contributed by atoms with Gasteiger partial charge in [0, 0.05) is 5.56 Å². The number of hydrogen-bond acceptors (Lipinski definition) is 4. The quantitative estimate of drug-likeness (QED) is 0.728. The first-order chi connectivity index (χ1) is 11.8. The standard InChI is InChI=1S/C17H12F3N3OS/c1-10-5-6-25-15(10)16(24)23-14-9-21-13(8-22-14)11-3-2-4-12(7-11)17(18,19)20/h2-9H,1H3,(H,22,23,24). The molecular weight excluding hydrogens is 351 g/mol.